The molecule has 0 bridgehead atoms. The fourth-order valence-corrected chi connectivity index (χ4v) is 3.32. The molecule has 0 fully saturated rings. The van der Waals surface area contributed by atoms with E-state index in [9.17, 15) is 4.79 Å². The van der Waals surface area contributed by atoms with Gasteiger partial charge in [0.25, 0.3) is 0 Å². The van der Waals surface area contributed by atoms with Crippen LogP contribution in [0.2, 0.25) is 0 Å². The van der Waals surface area contributed by atoms with Crippen LogP contribution in [0.1, 0.15) is 29.2 Å². The number of hydrogen-bond donors (Lipinski definition) is 2. The number of hydrogen-bond acceptors (Lipinski definition) is 2. The number of fused-ring (bicyclic) bond motifs is 1. The van der Waals surface area contributed by atoms with E-state index in [4.69, 9.17) is 0 Å². The van der Waals surface area contributed by atoms with Crippen molar-refractivity contribution >= 4 is 27.5 Å². The van der Waals surface area contributed by atoms with Crippen molar-refractivity contribution in [3.63, 3.8) is 0 Å². The molecule has 0 saturated carbocycles. The molecule has 5 heteroatoms. The minimum absolute atomic E-state index is 0.0143. The molecule has 1 atom stereocenters. The summed E-state index contributed by atoms with van der Waals surface area (Å²) in [5.41, 5.74) is 4.18. The molecule has 4 nitrogen and oxygen atoms in total. The molecule has 2 N–H and O–H groups in total. The van der Waals surface area contributed by atoms with Gasteiger partial charge in [-0.2, -0.15) is 0 Å². The van der Waals surface area contributed by atoms with Crippen molar-refractivity contribution < 1.29 is 4.79 Å². The zero-order valence-corrected chi connectivity index (χ0v) is 13.8. The first-order valence-electron chi connectivity index (χ1n) is 7.14. The summed E-state index contributed by atoms with van der Waals surface area (Å²) in [6, 6.07) is 5.89. The lowest BCUT2D eigenvalue weighted by molar-refractivity contribution is -0.120. The first-order chi connectivity index (χ1) is 10.0. The summed E-state index contributed by atoms with van der Waals surface area (Å²) in [5.74, 6) is 1.04. The Hall–Kier alpha value is -1.62. The summed E-state index contributed by atoms with van der Waals surface area (Å²) in [5, 5.41) is 3.05. The zero-order chi connectivity index (χ0) is 15.0. The van der Waals surface area contributed by atoms with E-state index < -0.39 is 0 Å². The molecule has 1 unspecified atom stereocenters. The highest BCUT2D eigenvalue weighted by Gasteiger charge is 2.27. The molecule has 2 aromatic rings. The van der Waals surface area contributed by atoms with Crippen molar-refractivity contribution in [1.82, 2.24) is 9.97 Å². The van der Waals surface area contributed by atoms with Crippen LogP contribution in [0.5, 0.6) is 0 Å². The Morgan fingerprint density at radius 3 is 3.00 bits per heavy atom. The fraction of sp³-hybridized carbons (Fsp3) is 0.375. The van der Waals surface area contributed by atoms with E-state index >= 15 is 0 Å². The maximum Gasteiger partial charge on any atom is 0.227 e. The number of anilines is 1. The number of rotatable bonds is 2. The number of carbonyl (C=O) groups is 1. The van der Waals surface area contributed by atoms with E-state index in [1.807, 2.05) is 32.0 Å². The lowest BCUT2D eigenvalue weighted by atomic mass is 9.89. The SMILES string of the molecule is Cc1nc2c([nH]1)CC(C(=O)Nc1ccc(Br)cc1C)CC2. The molecular formula is C16H18BrN3O. The highest BCUT2D eigenvalue weighted by Crippen LogP contribution is 2.26. The molecule has 1 amide bonds. The number of amides is 1. The quantitative estimate of drug-likeness (QED) is 0.872. The van der Waals surface area contributed by atoms with Crippen LogP contribution < -0.4 is 5.32 Å². The van der Waals surface area contributed by atoms with Crippen LogP contribution in [-0.4, -0.2) is 15.9 Å². The molecule has 1 aromatic heterocycles. The first-order valence-corrected chi connectivity index (χ1v) is 7.93. The highest BCUT2D eigenvalue weighted by molar-refractivity contribution is 9.10. The van der Waals surface area contributed by atoms with Gasteiger partial charge >= 0.3 is 0 Å². The zero-order valence-electron chi connectivity index (χ0n) is 12.2. The third kappa shape index (κ3) is 3.02. The van der Waals surface area contributed by atoms with E-state index in [0.29, 0.717) is 0 Å². The van der Waals surface area contributed by atoms with Gasteiger partial charge in [-0.3, -0.25) is 4.79 Å². The van der Waals surface area contributed by atoms with Crippen LogP contribution in [-0.2, 0) is 17.6 Å². The van der Waals surface area contributed by atoms with Crippen molar-refractivity contribution in [2.45, 2.75) is 33.1 Å². The van der Waals surface area contributed by atoms with Gasteiger partial charge in [-0.15, -0.1) is 0 Å². The van der Waals surface area contributed by atoms with Crippen molar-refractivity contribution in [2.24, 2.45) is 5.92 Å². The summed E-state index contributed by atoms with van der Waals surface area (Å²) in [6.07, 6.45) is 2.48. The minimum atomic E-state index is 0.0143. The normalized spacial score (nSPS) is 17.4. The number of benzene rings is 1. The predicted molar refractivity (Wildman–Crippen MR) is 86.3 cm³/mol. The lowest BCUT2D eigenvalue weighted by Crippen LogP contribution is -2.28. The van der Waals surface area contributed by atoms with Crippen LogP contribution in [0.3, 0.4) is 0 Å². The van der Waals surface area contributed by atoms with Gasteiger partial charge in [-0.1, -0.05) is 15.9 Å². The van der Waals surface area contributed by atoms with Crippen LogP contribution in [0.4, 0.5) is 5.69 Å². The monoisotopic (exact) mass is 347 g/mol. The van der Waals surface area contributed by atoms with E-state index in [1.165, 1.54) is 0 Å². The molecule has 1 aromatic carbocycles. The molecule has 110 valence electrons. The van der Waals surface area contributed by atoms with E-state index in [1.54, 1.807) is 0 Å². The van der Waals surface area contributed by atoms with E-state index in [-0.39, 0.29) is 11.8 Å². The molecule has 1 aliphatic carbocycles. The van der Waals surface area contributed by atoms with Crippen molar-refractivity contribution in [3.8, 4) is 0 Å². The summed E-state index contributed by atoms with van der Waals surface area (Å²) < 4.78 is 1.02. The maximum absolute atomic E-state index is 12.5. The summed E-state index contributed by atoms with van der Waals surface area (Å²) in [6.45, 7) is 3.95. The Kier molecular flexibility index (Phi) is 3.85. The van der Waals surface area contributed by atoms with Crippen LogP contribution in [0.15, 0.2) is 22.7 Å². The van der Waals surface area contributed by atoms with Gasteiger partial charge in [0, 0.05) is 28.2 Å². The number of halogens is 1. The minimum Gasteiger partial charge on any atom is -0.346 e. The number of aromatic nitrogens is 2. The second-order valence-corrected chi connectivity index (χ2v) is 6.55. The molecule has 0 spiro atoms. The Balaban J connectivity index is 1.72. The molecule has 3 rings (SSSR count). The first kappa shape index (κ1) is 14.3. The summed E-state index contributed by atoms with van der Waals surface area (Å²) in [4.78, 5) is 20.2. The van der Waals surface area contributed by atoms with Crippen LogP contribution in [0.25, 0.3) is 0 Å². The third-order valence-corrected chi connectivity index (χ3v) is 4.47. The second kappa shape index (κ2) is 5.64. The topological polar surface area (TPSA) is 57.8 Å². The van der Waals surface area contributed by atoms with Gasteiger partial charge in [-0.05, 0) is 50.5 Å². The van der Waals surface area contributed by atoms with Gasteiger partial charge in [0.1, 0.15) is 5.82 Å². The van der Waals surface area contributed by atoms with Gasteiger partial charge in [-0.25, -0.2) is 4.98 Å². The molecule has 1 heterocycles. The fourth-order valence-electron chi connectivity index (χ4n) is 2.85. The molecule has 0 radical (unpaired) electrons. The third-order valence-electron chi connectivity index (χ3n) is 3.98. The van der Waals surface area contributed by atoms with Gasteiger partial charge < -0.3 is 10.3 Å². The number of aromatic amines is 1. The molecular weight excluding hydrogens is 330 g/mol. The van der Waals surface area contributed by atoms with Crippen LogP contribution in [0, 0.1) is 19.8 Å². The Morgan fingerprint density at radius 1 is 1.43 bits per heavy atom. The number of nitrogens with one attached hydrogen (secondary N) is 2. The van der Waals surface area contributed by atoms with Gasteiger partial charge in [0.05, 0.1) is 5.69 Å². The van der Waals surface area contributed by atoms with Crippen molar-refractivity contribution in [3.05, 3.63) is 45.4 Å². The van der Waals surface area contributed by atoms with Crippen LogP contribution >= 0.6 is 15.9 Å². The maximum atomic E-state index is 12.5. The number of aryl methyl sites for hydroxylation is 3. The number of H-pyrrole nitrogens is 1. The van der Waals surface area contributed by atoms with E-state index in [2.05, 4.69) is 31.2 Å². The Morgan fingerprint density at radius 2 is 2.24 bits per heavy atom. The summed E-state index contributed by atoms with van der Waals surface area (Å²) in [7, 11) is 0. The Bertz CT molecular complexity index is 693. The van der Waals surface area contributed by atoms with Crippen molar-refractivity contribution in [1.29, 1.82) is 0 Å². The smallest absolute Gasteiger partial charge is 0.227 e. The molecule has 0 saturated heterocycles. The van der Waals surface area contributed by atoms with Gasteiger partial charge in [0.2, 0.25) is 5.91 Å². The average Bonchev–Trinajstić information content (AvgIpc) is 2.80. The lowest BCUT2D eigenvalue weighted by Gasteiger charge is -2.21. The average molecular weight is 348 g/mol. The molecule has 1 aliphatic rings. The van der Waals surface area contributed by atoms with E-state index in [0.717, 1.165) is 52.2 Å². The Labute approximate surface area is 132 Å². The standard InChI is InChI=1S/C16H18BrN3O/c1-9-7-12(17)4-6-13(9)20-16(21)11-3-5-14-15(8-11)19-10(2)18-14/h4,6-7,11H,3,5,8H2,1-2H3,(H,18,19)(H,20,21). The molecule has 0 aliphatic heterocycles. The number of nitrogens with zero attached hydrogens (tertiary/aromatic N) is 1. The largest absolute Gasteiger partial charge is 0.346 e. The molecule has 21 heavy (non-hydrogen) atoms. The van der Waals surface area contributed by atoms with Crippen molar-refractivity contribution in [2.75, 3.05) is 5.32 Å². The second-order valence-electron chi connectivity index (χ2n) is 5.64. The number of carbonyl (C=O) groups excluding carboxylic acids is 1. The highest BCUT2D eigenvalue weighted by atomic mass is 79.9. The number of imidazole rings is 1. The summed E-state index contributed by atoms with van der Waals surface area (Å²) >= 11 is 3.44. The predicted octanol–water partition coefficient (Wildman–Crippen LogP) is 3.53. The van der Waals surface area contributed by atoms with Gasteiger partial charge in [0.15, 0.2) is 0 Å².